The van der Waals surface area contributed by atoms with Gasteiger partial charge in [-0.3, -0.25) is 0 Å². The van der Waals surface area contributed by atoms with Gasteiger partial charge in [-0.2, -0.15) is 0 Å². The first-order valence-corrected chi connectivity index (χ1v) is 24.6. The Bertz CT molecular complexity index is 3220. The van der Waals surface area contributed by atoms with E-state index in [4.69, 9.17) is 15.0 Å². The van der Waals surface area contributed by atoms with Crippen LogP contribution in [0.2, 0.25) is 0 Å². The zero-order valence-corrected chi connectivity index (χ0v) is 37.6. The maximum atomic E-state index is 5.06. The first-order chi connectivity index (χ1) is 32.6. The number of benzene rings is 7. The monoisotopic (exact) mass is 851 g/mol. The molecule has 8 aromatic rings. The van der Waals surface area contributed by atoms with Gasteiger partial charge in [0.05, 0.1) is 0 Å². The largest absolute Gasteiger partial charge is 0.208 e. The van der Waals surface area contributed by atoms with Crippen molar-refractivity contribution in [1.82, 2.24) is 15.0 Å². The maximum absolute atomic E-state index is 5.06. The second kappa shape index (κ2) is 15.9. The number of hydrogen-bond acceptors (Lipinski definition) is 3. The highest BCUT2D eigenvalue weighted by atomic mass is 15.0. The Morgan fingerprint density at radius 1 is 0.333 bits per heavy atom. The minimum Gasteiger partial charge on any atom is -0.208 e. The van der Waals surface area contributed by atoms with Crippen LogP contribution in [-0.4, -0.2) is 15.0 Å². The molecule has 5 aliphatic rings. The van der Waals surface area contributed by atoms with Gasteiger partial charge in [-0.15, -0.1) is 0 Å². The van der Waals surface area contributed by atoms with E-state index in [0.29, 0.717) is 17.5 Å². The van der Waals surface area contributed by atoms with Gasteiger partial charge in [-0.1, -0.05) is 196 Å². The van der Waals surface area contributed by atoms with Crippen LogP contribution in [0.4, 0.5) is 0 Å². The Balaban J connectivity index is 0.808. The lowest BCUT2D eigenvalue weighted by molar-refractivity contribution is 0.350. The summed E-state index contributed by atoms with van der Waals surface area (Å²) in [6.45, 7) is 0. The van der Waals surface area contributed by atoms with Crippen LogP contribution in [0.1, 0.15) is 105 Å². The second-order valence-electron chi connectivity index (χ2n) is 19.6. The van der Waals surface area contributed by atoms with Gasteiger partial charge in [0, 0.05) is 27.5 Å². The molecule has 0 radical (unpaired) electrons. The molecule has 5 aliphatic carbocycles. The maximum Gasteiger partial charge on any atom is 0.164 e. The minimum atomic E-state index is 0.0865. The molecule has 2 fully saturated rings. The number of rotatable bonds is 6. The van der Waals surface area contributed by atoms with E-state index in [-0.39, 0.29) is 10.8 Å². The Hall–Kier alpha value is -6.97. The molecule has 1 heterocycles. The number of fused-ring (bicyclic) bond motifs is 10. The third-order valence-corrected chi connectivity index (χ3v) is 16.1. The number of nitrogens with zero attached hydrogens (tertiary/aromatic N) is 3. The average molecular weight is 852 g/mol. The normalized spacial score (nSPS) is 17.2. The van der Waals surface area contributed by atoms with Crippen LogP contribution in [0, 0.1) is 0 Å². The molecule has 3 heteroatoms. The molecule has 13 rings (SSSR count). The third kappa shape index (κ3) is 6.42. The van der Waals surface area contributed by atoms with Crippen molar-refractivity contribution in [2.45, 2.75) is 87.9 Å². The zero-order valence-electron chi connectivity index (χ0n) is 37.6. The summed E-state index contributed by atoms with van der Waals surface area (Å²) in [7, 11) is 0. The quantitative estimate of drug-likeness (QED) is 0.167. The van der Waals surface area contributed by atoms with Gasteiger partial charge < -0.3 is 0 Å². The lowest BCUT2D eigenvalue weighted by atomic mass is 9.66. The topological polar surface area (TPSA) is 38.7 Å². The molecule has 0 aliphatic heterocycles. The smallest absolute Gasteiger partial charge is 0.164 e. The van der Waals surface area contributed by atoms with E-state index in [2.05, 4.69) is 158 Å². The van der Waals surface area contributed by atoms with Gasteiger partial charge in [0.25, 0.3) is 0 Å². The third-order valence-electron chi connectivity index (χ3n) is 16.1. The van der Waals surface area contributed by atoms with E-state index in [0.717, 1.165) is 29.5 Å². The van der Waals surface area contributed by atoms with Crippen LogP contribution in [0.25, 0.3) is 84.2 Å². The summed E-state index contributed by atoms with van der Waals surface area (Å²) in [5.74, 6) is 2.02. The predicted octanol–water partition coefficient (Wildman–Crippen LogP) is 16.4. The molecule has 0 atom stereocenters. The van der Waals surface area contributed by atoms with Gasteiger partial charge in [0.15, 0.2) is 17.5 Å². The highest BCUT2D eigenvalue weighted by molar-refractivity contribution is 5.91. The van der Waals surface area contributed by atoms with E-state index < -0.39 is 0 Å². The fourth-order valence-electron chi connectivity index (χ4n) is 12.7. The van der Waals surface area contributed by atoms with Gasteiger partial charge in [0.2, 0.25) is 0 Å². The van der Waals surface area contributed by atoms with Crippen molar-refractivity contribution in [3.05, 3.63) is 204 Å². The lowest BCUT2D eigenvalue weighted by Crippen LogP contribution is -2.29. The van der Waals surface area contributed by atoms with Gasteiger partial charge in [-0.25, -0.2) is 15.0 Å². The molecule has 320 valence electrons. The van der Waals surface area contributed by atoms with Crippen molar-refractivity contribution in [3.8, 4) is 78.7 Å². The van der Waals surface area contributed by atoms with Gasteiger partial charge in [-0.05, 0) is 135 Å². The van der Waals surface area contributed by atoms with E-state index in [9.17, 15) is 0 Å². The van der Waals surface area contributed by atoms with Crippen molar-refractivity contribution in [1.29, 1.82) is 0 Å². The molecule has 7 aromatic carbocycles. The Kier molecular flexibility index (Phi) is 9.48. The second-order valence-corrected chi connectivity index (χ2v) is 19.6. The SMILES string of the molecule is C1=CCCC(c2ccc(-c3nc(-c4ccccc4)nc(-c4ccc(-c5ccc(-c6ccc7c(c6)C6(CCCCC6)c6cc8c(cc6-7)C6(CCCCC6)c6ccccc6-8)cc5)cc4)n3)cc2)=C1. The van der Waals surface area contributed by atoms with E-state index in [1.807, 2.05) is 18.2 Å². The molecule has 0 saturated heterocycles. The molecule has 0 bridgehead atoms. The molecule has 66 heavy (non-hydrogen) atoms. The minimum absolute atomic E-state index is 0.0865. The fourth-order valence-corrected chi connectivity index (χ4v) is 12.7. The van der Waals surface area contributed by atoms with Crippen molar-refractivity contribution in [3.63, 3.8) is 0 Å². The van der Waals surface area contributed by atoms with Crippen LogP contribution in [0.5, 0.6) is 0 Å². The fraction of sp³-hybridized carbons (Fsp3) is 0.222. The van der Waals surface area contributed by atoms with Crippen LogP contribution in [0.3, 0.4) is 0 Å². The van der Waals surface area contributed by atoms with Crippen molar-refractivity contribution < 1.29 is 0 Å². The summed E-state index contributed by atoms with van der Waals surface area (Å²) >= 11 is 0. The molecule has 0 amide bonds. The standard InChI is InChI=1S/C63H53N3/c1-5-15-42(16-6-1)43-25-29-48(30-26-43)60-64-59(47-17-7-2-8-18-47)65-61(66-60)49-31-27-45(28-32-49)44-21-23-46(24-22-44)50-33-34-52-54-41-57-53(40-58(54)63(56(52)39-50)37-13-4-14-38-63)51-19-9-10-20-55(51)62(57)35-11-3-12-36-62/h1-2,5,7-10,15,17-34,39-41H,3-4,6,11-14,16,35-38H2. The summed E-state index contributed by atoms with van der Waals surface area (Å²) in [5.41, 5.74) is 23.1. The first kappa shape index (κ1) is 39.4. The Morgan fingerprint density at radius 3 is 1.33 bits per heavy atom. The predicted molar refractivity (Wildman–Crippen MR) is 272 cm³/mol. The summed E-state index contributed by atoms with van der Waals surface area (Å²) < 4.78 is 0. The van der Waals surface area contributed by atoms with E-state index in [1.165, 1.54) is 120 Å². The van der Waals surface area contributed by atoms with Gasteiger partial charge in [0.1, 0.15) is 0 Å². The first-order valence-electron chi connectivity index (χ1n) is 24.6. The molecule has 0 unspecified atom stereocenters. The van der Waals surface area contributed by atoms with Gasteiger partial charge >= 0.3 is 0 Å². The zero-order chi connectivity index (χ0) is 43.7. The van der Waals surface area contributed by atoms with E-state index in [1.54, 1.807) is 22.3 Å². The molecule has 2 saturated carbocycles. The van der Waals surface area contributed by atoms with Crippen molar-refractivity contribution >= 4 is 5.57 Å². The number of aromatic nitrogens is 3. The molecule has 2 spiro atoms. The highest BCUT2D eigenvalue weighted by Gasteiger charge is 2.49. The summed E-state index contributed by atoms with van der Waals surface area (Å²) in [6.07, 6.45) is 21.7. The number of hydrogen-bond donors (Lipinski definition) is 0. The number of allylic oxidation sites excluding steroid dienone is 4. The summed E-state index contributed by atoms with van der Waals surface area (Å²) in [4.78, 5) is 15.1. The van der Waals surface area contributed by atoms with Crippen LogP contribution in [-0.2, 0) is 10.8 Å². The van der Waals surface area contributed by atoms with Crippen LogP contribution >= 0.6 is 0 Å². The summed E-state index contributed by atoms with van der Waals surface area (Å²) in [5, 5.41) is 0. The highest BCUT2D eigenvalue weighted by Crippen LogP contribution is 2.62. The van der Waals surface area contributed by atoms with E-state index >= 15 is 0 Å². The van der Waals surface area contributed by atoms with Crippen LogP contribution in [0.15, 0.2) is 176 Å². The Labute approximate surface area is 389 Å². The Morgan fingerprint density at radius 2 is 0.773 bits per heavy atom. The molecule has 3 nitrogen and oxygen atoms in total. The van der Waals surface area contributed by atoms with Crippen molar-refractivity contribution in [2.24, 2.45) is 0 Å². The lowest BCUT2D eigenvalue weighted by Gasteiger charge is -2.37. The molecule has 0 N–H and O–H groups in total. The molecular formula is C63H53N3. The van der Waals surface area contributed by atoms with Crippen molar-refractivity contribution in [2.75, 3.05) is 0 Å². The molecule has 1 aromatic heterocycles. The molecular weight excluding hydrogens is 799 g/mol. The average Bonchev–Trinajstić information content (AvgIpc) is 3.80. The summed E-state index contributed by atoms with van der Waals surface area (Å²) in [6, 6.07) is 59.0. The van der Waals surface area contributed by atoms with Crippen LogP contribution < -0.4 is 0 Å².